The standard InChI is InChI=1S/C18H18O3S/c19-16-11-13-18(14-12-16,15-7-3-1-4-8-15)22(20,21)17-9-5-2-6-10-17/h1-10H,11-14H2. The van der Waals surface area contributed by atoms with Crippen LogP contribution in [0.1, 0.15) is 31.2 Å². The molecule has 1 fully saturated rings. The van der Waals surface area contributed by atoms with Crippen LogP contribution in [0.4, 0.5) is 0 Å². The lowest BCUT2D eigenvalue weighted by Gasteiger charge is -2.36. The first-order valence-electron chi connectivity index (χ1n) is 7.43. The highest BCUT2D eigenvalue weighted by Crippen LogP contribution is 2.45. The maximum absolute atomic E-state index is 13.3. The smallest absolute Gasteiger partial charge is 0.188 e. The van der Waals surface area contributed by atoms with Crippen LogP contribution in [0, 0.1) is 0 Å². The zero-order valence-electron chi connectivity index (χ0n) is 12.2. The normalized spacial score (nSPS) is 18.1. The van der Waals surface area contributed by atoms with Gasteiger partial charge >= 0.3 is 0 Å². The topological polar surface area (TPSA) is 51.2 Å². The summed E-state index contributed by atoms with van der Waals surface area (Å²) in [5.74, 6) is 0.148. The van der Waals surface area contributed by atoms with Crippen molar-refractivity contribution in [2.24, 2.45) is 0 Å². The third-order valence-corrected chi connectivity index (χ3v) is 7.05. The van der Waals surface area contributed by atoms with Gasteiger partial charge in [0, 0.05) is 12.8 Å². The van der Waals surface area contributed by atoms with Crippen molar-refractivity contribution in [1.29, 1.82) is 0 Å². The lowest BCUT2D eigenvalue weighted by molar-refractivity contribution is -0.120. The molecule has 0 spiro atoms. The van der Waals surface area contributed by atoms with E-state index in [-0.39, 0.29) is 5.78 Å². The van der Waals surface area contributed by atoms with Gasteiger partial charge in [0.25, 0.3) is 0 Å². The van der Waals surface area contributed by atoms with E-state index in [2.05, 4.69) is 0 Å². The van der Waals surface area contributed by atoms with Gasteiger partial charge in [0.2, 0.25) is 0 Å². The molecule has 0 amide bonds. The molecule has 1 saturated carbocycles. The summed E-state index contributed by atoms with van der Waals surface area (Å²) in [4.78, 5) is 12.0. The fourth-order valence-corrected chi connectivity index (χ4v) is 5.37. The number of sulfone groups is 1. The minimum atomic E-state index is -3.55. The van der Waals surface area contributed by atoms with Gasteiger partial charge in [-0.3, -0.25) is 4.79 Å². The minimum Gasteiger partial charge on any atom is -0.300 e. The number of Topliss-reactive ketones (excluding diaryl/α,β-unsaturated/α-hetero) is 1. The molecule has 0 aromatic heterocycles. The largest absolute Gasteiger partial charge is 0.300 e. The van der Waals surface area contributed by atoms with Crippen LogP contribution in [-0.4, -0.2) is 14.2 Å². The minimum absolute atomic E-state index is 0.148. The Kier molecular flexibility index (Phi) is 3.87. The van der Waals surface area contributed by atoms with E-state index >= 15 is 0 Å². The molecule has 3 nitrogen and oxygen atoms in total. The molecule has 2 aromatic rings. The van der Waals surface area contributed by atoms with Crippen LogP contribution in [0.5, 0.6) is 0 Å². The van der Waals surface area contributed by atoms with Gasteiger partial charge in [0.05, 0.1) is 4.90 Å². The monoisotopic (exact) mass is 314 g/mol. The summed E-state index contributed by atoms with van der Waals surface area (Å²) in [6.45, 7) is 0. The van der Waals surface area contributed by atoms with Crippen LogP contribution in [0.3, 0.4) is 0 Å². The molecule has 0 heterocycles. The van der Waals surface area contributed by atoms with Gasteiger partial charge in [0.15, 0.2) is 9.84 Å². The number of carbonyl (C=O) groups is 1. The number of hydrogen-bond acceptors (Lipinski definition) is 3. The first-order chi connectivity index (χ1) is 10.6. The molecule has 0 unspecified atom stereocenters. The second-order valence-corrected chi connectivity index (χ2v) is 7.98. The zero-order valence-corrected chi connectivity index (χ0v) is 13.1. The van der Waals surface area contributed by atoms with Crippen molar-refractivity contribution in [3.63, 3.8) is 0 Å². The lowest BCUT2D eigenvalue weighted by atomic mass is 9.82. The van der Waals surface area contributed by atoms with E-state index in [1.165, 1.54) is 0 Å². The summed E-state index contributed by atoms with van der Waals surface area (Å²) in [6, 6.07) is 17.8. The highest BCUT2D eigenvalue weighted by molar-refractivity contribution is 7.92. The summed E-state index contributed by atoms with van der Waals surface area (Å²) >= 11 is 0. The Morgan fingerprint density at radius 3 is 1.82 bits per heavy atom. The first-order valence-corrected chi connectivity index (χ1v) is 8.91. The van der Waals surface area contributed by atoms with Crippen LogP contribution in [-0.2, 0) is 19.4 Å². The summed E-state index contributed by atoms with van der Waals surface area (Å²) in [6.07, 6.45) is 1.35. The fourth-order valence-electron chi connectivity index (χ4n) is 3.21. The Morgan fingerprint density at radius 2 is 1.27 bits per heavy atom. The SMILES string of the molecule is O=C1CCC(c2ccccc2)(S(=O)(=O)c2ccccc2)CC1. The maximum atomic E-state index is 13.3. The Hall–Kier alpha value is -1.94. The average Bonchev–Trinajstić information content (AvgIpc) is 2.57. The van der Waals surface area contributed by atoms with Gasteiger partial charge in [-0.2, -0.15) is 0 Å². The number of benzene rings is 2. The molecule has 3 rings (SSSR count). The number of ketones is 1. The van der Waals surface area contributed by atoms with Crippen LogP contribution < -0.4 is 0 Å². The van der Waals surface area contributed by atoms with E-state index < -0.39 is 14.6 Å². The molecule has 0 radical (unpaired) electrons. The zero-order chi connectivity index (χ0) is 15.6. The molecule has 114 valence electrons. The molecule has 1 aliphatic carbocycles. The third-order valence-electron chi connectivity index (χ3n) is 4.48. The van der Waals surface area contributed by atoms with Gasteiger partial charge in [-0.15, -0.1) is 0 Å². The summed E-state index contributed by atoms with van der Waals surface area (Å²) < 4.78 is 25.6. The Morgan fingerprint density at radius 1 is 0.773 bits per heavy atom. The van der Waals surface area contributed by atoms with Crippen molar-refractivity contribution >= 4 is 15.6 Å². The Balaban J connectivity index is 2.17. The van der Waals surface area contributed by atoms with Crippen molar-refractivity contribution in [3.05, 3.63) is 66.2 Å². The van der Waals surface area contributed by atoms with Crippen LogP contribution in [0.25, 0.3) is 0 Å². The fraction of sp³-hybridized carbons (Fsp3) is 0.278. The molecule has 0 atom stereocenters. The quantitative estimate of drug-likeness (QED) is 0.871. The van der Waals surface area contributed by atoms with Crippen LogP contribution >= 0.6 is 0 Å². The van der Waals surface area contributed by atoms with E-state index in [0.717, 1.165) is 5.56 Å². The molecule has 0 N–H and O–H groups in total. The number of hydrogen-bond donors (Lipinski definition) is 0. The molecule has 0 saturated heterocycles. The predicted octanol–water partition coefficient (Wildman–Crippen LogP) is 3.50. The van der Waals surface area contributed by atoms with Crippen molar-refractivity contribution in [3.8, 4) is 0 Å². The second kappa shape index (κ2) is 5.69. The lowest BCUT2D eigenvalue weighted by Crippen LogP contribution is -2.39. The summed E-state index contributed by atoms with van der Waals surface area (Å²) in [7, 11) is -3.55. The molecule has 0 bridgehead atoms. The van der Waals surface area contributed by atoms with E-state index in [4.69, 9.17) is 0 Å². The van der Waals surface area contributed by atoms with Gasteiger partial charge in [-0.25, -0.2) is 8.42 Å². The van der Waals surface area contributed by atoms with Crippen LogP contribution in [0.2, 0.25) is 0 Å². The van der Waals surface area contributed by atoms with E-state index in [1.807, 2.05) is 30.3 Å². The van der Waals surface area contributed by atoms with Crippen molar-refractivity contribution in [2.75, 3.05) is 0 Å². The van der Waals surface area contributed by atoms with E-state index in [9.17, 15) is 13.2 Å². The molecule has 4 heteroatoms. The van der Waals surface area contributed by atoms with Crippen molar-refractivity contribution in [1.82, 2.24) is 0 Å². The van der Waals surface area contributed by atoms with Crippen molar-refractivity contribution in [2.45, 2.75) is 35.3 Å². The van der Waals surface area contributed by atoms with E-state index in [1.54, 1.807) is 30.3 Å². The summed E-state index contributed by atoms with van der Waals surface area (Å²) in [5, 5.41) is 0. The number of rotatable bonds is 3. The van der Waals surface area contributed by atoms with E-state index in [0.29, 0.717) is 30.6 Å². The third kappa shape index (κ3) is 2.37. The average molecular weight is 314 g/mol. The Labute approximate surface area is 130 Å². The molecule has 1 aliphatic rings. The van der Waals surface area contributed by atoms with Gasteiger partial charge in [-0.1, -0.05) is 48.5 Å². The predicted molar refractivity (Wildman–Crippen MR) is 85.2 cm³/mol. The van der Waals surface area contributed by atoms with Crippen LogP contribution in [0.15, 0.2) is 65.6 Å². The van der Waals surface area contributed by atoms with Crippen molar-refractivity contribution < 1.29 is 13.2 Å². The molecular formula is C18H18O3S. The van der Waals surface area contributed by atoms with Gasteiger partial charge < -0.3 is 0 Å². The highest BCUT2D eigenvalue weighted by Gasteiger charge is 2.48. The Bertz CT molecular complexity index is 754. The summed E-state index contributed by atoms with van der Waals surface area (Å²) in [5.41, 5.74) is 0.784. The number of carbonyl (C=O) groups excluding carboxylic acids is 1. The molecule has 2 aromatic carbocycles. The van der Waals surface area contributed by atoms with Gasteiger partial charge in [0.1, 0.15) is 10.5 Å². The first kappa shape index (κ1) is 15.0. The second-order valence-electron chi connectivity index (χ2n) is 5.72. The maximum Gasteiger partial charge on any atom is 0.188 e. The molecular weight excluding hydrogens is 296 g/mol. The van der Waals surface area contributed by atoms with Gasteiger partial charge in [-0.05, 0) is 30.5 Å². The molecule has 22 heavy (non-hydrogen) atoms. The highest BCUT2D eigenvalue weighted by atomic mass is 32.2. The molecule has 0 aliphatic heterocycles.